The Hall–Kier alpha value is -2.03. The summed E-state index contributed by atoms with van der Waals surface area (Å²) in [5.41, 5.74) is 1.71. The minimum atomic E-state index is -3.49. The molecule has 1 heterocycles. The minimum Gasteiger partial charge on any atom is -0.484 e. The molecule has 1 aliphatic rings. The zero-order chi connectivity index (χ0) is 22.4. The number of carbonyl (C=O) groups is 1. The Morgan fingerprint density at radius 3 is 2.42 bits per heavy atom. The average Bonchev–Trinajstić information content (AvgIpc) is 2.78. The number of rotatable bonds is 8. The Morgan fingerprint density at radius 1 is 1.13 bits per heavy atom. The number of nitrogens with one attached hydrogen (secondary N) is 1. The van der Waals surface area contributed by atoms with Gasteiger partial charge in [0.25, 0.3) is 5.91 Å². The Morgan fingerprint density at radius 2 is 1.81 bits per heavy atom. The molecule has 8 heteroatoms. The van der Waals surface area contributed by atoms with E-state index < -0.39 is 10.0 Å². The summed E-state index contributed by atoms with van der Waals surface area (Å²) in [5, 5.41) is 2.93. The van der Waals surface area contributed by atoms with Crippen molar-refractivity contribution in [2.24, 2.45) is 0 Å². The molecule has 1 amide bonds. The Bertz CT molecular complexity index is 1000. The first-order valence-electron chi connectivity index (χ1n) is 10.5. The fourth-order valence-electron chi connectivity index (χ4n) is 3.60. The first-order valence-corrected chi connectivity index (χ1v) is 13.1. The smallest absolute Gasteiger partial charge is 0.258 e. The number of aryl methyl sites for hydroxylation is 1. The number of nitrogens with zero attached hydrogens (tertiary/aromatic N) is 1. The molecule has 1 saturated heterocycles. The second kappa shape index (κ2) is 10.5. The van der Waals surface area contributed by atoms with Crippen LogP contribution in [0.5, 0.6) is 5.75 Å². The molecule has 0 unspecified atom stereocenters. The van der Waals surface area contributed by atoms with Crippen molar-refractivity contribution < 1.29 is 17.9 Å². The molecule has 2 aromatic rings. The minimum absolute atomic E-state index is 0.133. The van der Waals surface area contributed by atoms with Gasteiger partial charge in [-0.05, 0) is 74.4 Å². The molecule has 0 bridgehead atoms. The maximum Gasteiger partial charge on any atom is 0.258 e. The molecule has 168 valence electrons. The van der Waals surface area contributed by atoms with Gasteiger partial charge < -0.3 is 10.1 Å². The number of hydrogen-bond donors (Lipinski definition) is 1. The lowest BCUT2D eigenvalue weighted by molar-refractivity contribution is -0.123. The summed E-state index contributed by atoms with van der Waals surface area (Å²) in [4.78, 5) is 13.8. The van der Waals surface area contributed by atoms with Crippen molar-refractivity contribution >= 4 is 27.7 Å². The normalized spacial score (nSPS) is 16.0. The van der Waals surface area contributed by atoms with Crippen molar-refractivity contribution in [3.63, 3.8) is 0 Å². The van der Waals surface area contributed by atoms with E-state index in [0.29, 0.717) is 24.4 Å². The van der Waals surface area contributed by atoms with Gasteiger partial charge in [0.1, 0.15) is 5.75 Å². The summed E-state index contributed by atoms with van der Waals surface area (Å²) in [7, 11) is -3.49. The third-order valence-electron chi connectivity index (χ3n) is 5.45. The summed E-state index contributed by atoms with van der Waals surface area (Å²) in [6, 6.07) is 12.7. The van der Waals surface area contributed by atoms with E-state index in [9.17, 15) is 13.2 Å². The highest BCUT2D eigenvalue weighted by Crippen LogP contribution is 2.26. The number of hydrogen-bond acceptors (Lipinski definition) is 5. The molecular formula is C23H30N2O4S2. The SMILES string of the molecule is CSc1ccc([C@@H](C)NC(=O)COc2ccc(S(=O)(=O)N3CCCCC3)cc2C)cc1. The third kappa shape index (κ3) is 6.02. The van der Waals surface area contributed by atoms with Crippen LogP contribution in [0.25, 0.3) is 0 Å². The number of amides is 1. The fourth-order valence-corrected chi connectivity index (χ4v) is 5.61. The van der Waals surface area contributed by atoms with E-state index in [2.05, 4.69) is 5.32 Å². The van der Waals surface area contributed by atoms with E-state index in [1.807, 2.05) is 37.4 Å². The summed E-state index contributed by atoms with van der Waals surface area (Å²) < 4.78 is 32.9. The predicted molar refractivity (Wildman–Crippen MR) is 124 cm³/mol. The number of sulfonamides is 1. The first kappa shape index (κ1) is 23.6. The van der Waals surface area contributed by atoms with Crippen LogP contribution in [0, 0.1) is 6.92 Å². The zero-order valence-corrected chi connectivity index (χ0v) is 19.9. The van der Waals surface area contributed by atoms with Crippen LogP contribution in [-0.4, -0.2) is 44.6 Å². The quantitative estimate of drug-likeness (QED) is 0.597. The average molecular weight is 463 g/mol. The third-order valence-corrected chi connectivity index (χ3v) is 8.09. The Balaban J connectivity index is 1.58. The number of carbonyl (C=O) groups excluding carboxylic acids is 1. The Labute approximate surface area is 189 Å². The van der Waals surface area contributed by atoms with Crippen molar-refractivity contribution in [2.75, 3.05) is 26.0 Å². The molecule has 31 heavy (non-hydrogen) atoms. The number of thioether (sulfide) groups is 1. The van der Waals surface area contributed by atoms with Crippen LogP contribution in [0.1, 0.15) is 43.4 Å². The predicted octanol–water partition coefficient (Wildman–Crippen LogP) is 4.15. The lowest BCUT2D eigenvalue weighted by Gasteiger charge is -2.26. The van der Waals surface area contributed by atoms with Gasteiger partial charge in [-0.1, -0.05) is 18.6 Å². The molecule has 0 spiro atoms. The number of ether oxygens (including phenoxy) is 1. The van der Waals surface area contributed by atoms with Gasteiger partial charge in [-0.25, -0.2) is 8.42 Å². The zero-order valence-electron chi connectivity index (χ0n) is 18.3. The van der Waals surface area contributed by atoms with Crippen LogP contribution in [0.2, 0.25) is 0 Å². The molecule has 1 fully saturated rings. The van der Waals surface area contributed by atoms with Gasteiger partial charge in [-0.15, -0.1) is 11.8 Å². The molecule has 1 atom stereocenters. The van der Waals surface area contributed by atoms with Gasteiger partial charge in [0, 0.05) is 18.0 Å². The first-order chi connectivity index (χ1) is 14.8. The molecule has 6 nitrogen and oxygen atoms in total. The molecule has 0 aliphatic carbocycles. The van der Waals surface area contributed by atoms with Crippen molar-refractivity contribution in [2.45, 2.75) is 48.9 Å². The molecule has 2 aromatic carbocycles. The standard InChI is InChI=1S/C23H30N2O4S2/c1-17-15-21(31(27,28)25-13-5-4-6-14-25)11-12-22(17)29-16-23(26)24-18(2)19-7-9-20(30-3)10-8-19/h7-12,15,18H,4-6,13-14,16H2,1-3H3,(H,24,26)/t18-/m1/s1. The van der Waals surface area contributed by atoms with E-state index in [1.165, 1.54) is 4.90 Å². The highest BCUT2D eigenvalue weighted by molar-refractivity contribution is 7.98. The summed E-state index contributed by atoms with van der Waals surface area (Å²) in [5.74, 6) is 0.274. The lowest BCUT2D eigenvalue weighted by atomic mass is 10.1. The lowest BCUT2D eigenvalue weighted by Crippen LogP contribution is -2.35. The molecule has 0 aromatic heterocycles. The molecule has 0 saturated carbocycles. The van der Waals surface area contributed by atoms with Crippen molar-refractivity contribution in [1.29, 1.82) is 0 Å². The molecular weight excluding hydrogens is 432 g/mol. The van der Waals surface area contributed by atoms with Gasteiger partial charge in [0.2, 0.25) is 10.0 Å². The van der Waals surface area contributed by atoms with E-state index in [0.717, 1.165) is 24.8 Å². The van der Waals surface area contributed by atoms with Crippen LogP contribution in [0.15, 0.2) is 52.3 Å². The maximum absolute atomic E-state index is 12.8. The number of benzene rings is 2. The van der Waals surface area contributed by atoms with E-state index in [-0.39, 0.29) is 23.5 Å². The maximum atomic E-state index is 12.8. The van der Waals surface area contributed by atoms with Gasteiger partial charge in [-0.3, -0.25) is 4.79 Å². The van der Waals surface area contributed by atoms with E-state index in [1.54, 1.807) is 41.2 Å². The van der Waals surface area contributed by atoms with Crippen molar-refractivity contribution in [3.05, 3.63) is 53.6 Å². The van der Waals surface area contributed by atoms with Gasteiger partial charge in [0.15, 0.2) is 6.61 Å². The van der Waals surface area contributed by atoms with Crippen LogP contribution < -0.4 is 10.1 Å². The van der Waals surface area contributed by atoms with Crippen molar-refractivity contribution in [3.8, 4) is 5.75 Å². The van der Waals surface area contributed by atoms with Gasteiger partial charge in [0.05, 0.1) is 10.9 Å². The largest absolute Gasteiger partial charge is 0.484 e. The van der Waals surface area contributed by atoms with Crippen molar-refractivity contribution in [1.82, 2.24) is 9.62 Å². The molecule has 1 N–H and O–H groups in total. The second-order valence-electron chi connectivity index (χ2n) is 7.74. The van der Waals surface area contributed by atoms with E-state index >= 15 is 0 Å². The summed E-state index contributed by atoms with van der Waals surface area (Å²) in [6.07, 6.45) is 4.89. The van der Waals surface area contributed by atoms with Crippen LogP contribution in [-0.2, 0) is 14.8 Å². The van der Waals surface area contributed by atoms with Gasteiger partial charge >= 0.3 is 0 Å². The monoisotopic (exact) mass is 462 g/mol. The van der Waals surface area contributed by atoms with Gasteiger partial charge in [-0.2, -0.15) is 4.31 Å². The molecule has 0 radical (unpaired) electrons. The van der Waals surface area contributed by atoms with E-state index in [4.69, 9.17) is 4.74 Å². The highest BCUT2D eigenvalue weighted by Gasteiger charge is 2.26. The van der Waals surface area contributed by atoms with Crippen LogP contribution >= 0.6 is 11.8 Å². The molecule has 3 rings (SSSR count). The highest BCUT2D eigenvalue weighted by atomic mass is 32.2. The second-order valence-corrected chi connectivity index (χ2v) is 10.6. The number of piperidine rings is 1. The summed E-state index contributed by atoms with van der Waals surface area (Å²) in [6.45, 7) is 4.72. The topological polar surface area (TPSA) is 75.7 Å². The Kier molecular flexibility index (Phi) is 8.02. The fraction of sp³-hybridized carbons (Fsp3) is 0.435. The summed E-state index contributed by atoms with van der Waals surface area (Å²) >= 11 is 1.67. The molecule has 1 aliphatic heterocycles. The van der Waals surface area contributed by atoms with Crippen LogP contribution in [0.4, 0.5) is 0 Å². The van der Waals surface area contributed by atoms with Crippen LogP contribution in [0.3, 0.4) is 0 Å².